The molecule has 1 aliphatic rings. The molecule has 4 rings (SSSR count). The quantitative estimate of drug-likeness (QED) is 0.255. The fourth-order valence-electron chi connectivity index (χ4n) is 3.84. The summed E-state index contributed by atoms with van der Waals surface area (Å²) < 4.78 is 45.8. The number of aliphatic hydroxyl groups excluding tert-OH is 4. The van der Waals surface area contributed by atoms with Gasteiger partial charge in [0, 0.05) is 0 Å². The highest BCUT2D eigenvalue weighted by Gasteiger charge is 2.45. The van der Waals surface area contributed by atoms with E-state index in [2.05, 4.69) is 4.18 Å². The molecule has 0 unspecified atom stereocenters. The van der Waals surface area contributed by atoms with Gasteiger partial charge in [-0.25, -0.2) is 0 Å². The topological polar surface area (TPSA) is 204 Å². The lowest BCUT2D eigenvalue weighted by Gasteiger charge is -2.40. The SMILES string of the molecule is O=c1c(-c2ccc(OS(=O)(=O)O)cc2)coc2c([C@@H]3O[C@H](CO)[C@@H](O)[C@H](O)[C@H]3O)c(O)ccc12. The fourth-order valence-corrected chi connectivity index (χ4v) is 4.19. The van der Waals surface area contributed by atoms with Crippen molar-refractivity contribution >= 4 is 21.4 Å². The first kappa shape index (κ1) is 24.1. The standard InChI is InChI=1S/C21H20O12S/c22-7-14-17(25)18(26)19(27)21(32-14)15-13(23)6-5-11-16(24)12(8-31-20(11)15)9-1-3-10(4-2-9)33-34(28,29)30/h1-6,8,14,17-19,21-23,25-27H,7H2,(H,28,29,30)/t14-,17-,18+,19-,21+/m1/s1. The van der Waals surface area contributed by atoms with E-state index in [0.717, 1.165) is 6.26 Å². The maximum Gasteiger partial charge on any atom is 0.446 e. The van der Waals surface area contributed by atoms with Crippen molar-refractivity contribution in [3.05, 3.63) is 58.4 Å². The molecule has 0 radical (unpaired) electrons. The Bertz CT molecular complexity index is 1360. The summed E-state index contributed by atoms with van der Waals surface area (Å²) >= 11 is 0. The van der Waals surface area contributed by atoms with Gasteiger partial charge in [-0.2, -0.15) is 8.42 Å². The molecule has 3 aromatic rings. The van der Waals surface area contributed by atoms with Gasteiger partial charge in [0.1, 0.15) is 53.9 Å². The molecule has 182 valence electrons. The summed E-state index contributed by atoms with van der Waals surface area (Å²) in [5, 5.41) is 50.4. The predicted octanol–water partition coefficient (Wildman–Crippen LogP) is -0.138. The van der Waals surface area contributed by atoms with Crippen molar-refractivity contribution < 1.29 is 51.8 Å². The Kier molecular flexibility index (Phi) is 6.35. The summed E-state index contributed by atoms with van der Waals surface area (Å²) in [6, 6.07) is 7.59. The van der Waals surface area contributed by atoms with E-state index in [9.17, 15) is 38.7 Å². The minimum absolute atomic E-state index is 0.0134. The lowest BCUT2D eigenvalue weighted by molar-refractivity contribution is -0.231. The number of rotatable bonds is 5. The minimum atomic E-state index is -4.71. The third-order valence-electron chi connectivity index (χ3n) is 5.50. The fraction of sp³-hybridized carbons (Fsp3) is 0.286. The number of aliphatic hydroxyl groups is 4. The zero-order valence-corrected chi connectivity index (χ0v) is 18.0. The second-order valence-electron chi connectivity index (χ2n) is 7.64. The second-order valence-corrected chi connectivity index (χ2v) is 8.66. The van der Waals surface area contributed by atoms with E-state index in [0.29, 0.717) is 5.56 Å². The van der Waals surface area contributed by atoms with Crippen molar-refractivity contribution in [2.24, 2.45) is 0 Å². The summed E-state index contributed by atoms with van der Waals surface area (Å²) in [6.45, 7) is -0.682. The lowest BCUT2D eigenvalue weighted by atomic mass is 9.89. The molecule has 1 fully saturated rings. The third kappa shape index (κ3) is 4.37. The van der Waals surface area contributed by atoms with Crippen molar-refractivity contribution in [1.82, 2.24) is 0 Å². The molecule has 1 saturated heterocycles. The van der Waals surface area contributed by atoms with E-state index in [4.69, 9.17) is 13.7 Å². The van der Waals surface area contributed by atoms with Gasteiger partial charge >= 0.3 is 10.4 Å². The van der Waals surface area contributed by atoms with Crippen LogP contribution in [0.3, 0.4) is 0 Å². The van der Waals surface area contributed by atoms with E-state index in [1.54, 1.807) is 0 Å². The molecular formula is C21H20O12S. The Morgan fingerprint density at radius 3 is 2.26 bits per heavy atom. The largest absolute Gasteiger partial charge is 0.507 e. The molecule has 5 atom stereocenters. The molecule has 0 spiro atoms. The summed E-state index contributed by atoms with van der Waals surface area (Å²) in [5.41, 5.74) is -0.466. The van der Waals surface area contributed by atoms with Crippen molar-refractivity contribution in [2.75, 3.05) is 6.61 Å². The van der Waals surface area contributed by atoms with Gasteiger partial charge in [-0.1, -0.05) is 12.1 Å². The smallest absolute Gasteiger partial charge is 0.446 e. The number of ether oxygens (including phenoxy) is 1. The molecule has 1 aromatic heterocycles. The first-order chi connectivity index (χ1) is 16.0. The van der Waals surface area contributed by atoms with Crippen LogP contribution >= 0.6 is 0 Å². The number of hydrogen-bond acceptors (Lipinski definition) is 11. The van der Waals surface area contributed by atoms with Crippen molar-refractivity contribution in [3.8, 4) is 22.6 Å². The third-order valence-corrected chi connectivity index (χ3v) is 5.90. The number of fused-ring (bicyclic) bond motifs is 1. The van der Waals surface area contributed by atoms with Crippen LogP contribution in [0.4, 0.5) is 0 Å². The molecule has 1 aliphatic heterocycles. The molecule has 0 aliphatic carbocycles. The highest BCUT2D eigenvalue weighted by molar-refractivity contribution is 7.81. The summed E-state index contributed by atoms with van der Waals surface area (Å²) in [5.74, 6) is -0.606. The predicted molar refractivity (Wildman–Crippen MR) is 114 cm³/mol. The van der Waals surface area contributed by atoms with Gasteiger partial charge in [-0.3, -0.25) is 9.35 Å². The Hall–Kier alpha value is -3.04. The van der Waals surface area contributed by atoms with Crippen LogP contribution in [-0.4, -0.2) is 69.5 Å². The van der Waals surface area contributed by atoms with E-state index in [-0.39, 0.29) is 27.8 Å². The normalized spacial score (nSPS) is 25.4. The van der Waals surface area contributed by atoms with E-state index in [1.807, 2.05) is 0 Å². The van der Waals surface area contributed by atoms with Crippen LogP contribution in [0.2, 0.25) is 0 Å². The molecule has 6 N–H and O–H groups in total. The van der Waals surface area contributed by atoms with Crippen LogP contribution in [0.5, 0.6) is 11.5 Å². The summed E-state index contributed by atoms with van der Waals surface area (Å²) in [7, 11) is -4.71. The number of benzene rings is 2. The van der Waals surface area contributed by atoms with Crippen molar-refractivity contribution in [1.29, 1.82) is 0 Å². The highest BCUT2D eigenvalue weighted by Crippen LogP contribution is 2.40. The van der Waals surface area contributed by atoms with E-state index in [1.165, 1.54) is 36.4 Å². The molecule has 13 heteroatoms. The maximum absolute atomic E-state index is 13.2. The maximum atomic E-state index is 13.2. The monoisotopic (exact) mass is 496 g/mol. The molecule has 0 amide bonds. The molecule has 12 nitrogen and oxygen atoms in total. The van der Waals surface area contributed by atoms with E-state index >= 15 is 0 Å². The van der Waals surface area contributed by atoms with Gasteiger partial charge in [0.25, 0.3) is 0 Å². The number of hydrogen-bond donors (Lipinski definition) is 6. The molecular weight excluding hydrogens is 476 g/mol. The van der Waals surface area contributed by atoms with Crippen molar-refractivity contribution in [3.63, 3.8) is 0 Å². The Balaban J connectivity index is 1.79. The van der Waals surface area contributed by atoms with Crippen LogP contribution in [0.25, 0.3) is 22.1 Å². The Labute approximate surface area is 191 Å². The molecule has 0 saturated carbocycles. The summed E-state index contributed by atoms with van der Waals surface area (Å²) in [4.78, 5) is 13.2. The van der Waals surface area contributed by atoms with Gasteiger partial charge < -0.3 is 38.9 Å². The van der Waals surface area contributed by atoms with Crippen LogP contribution < -0.4 is 9.61 Å². The van der Waals surface area contributed by atoms with Gasteiger partial charge in [0.15, 0.2) is 0 Å². The number of phenols is 1. The average Bonchev–Trinajstić information content (AvgIpc) is 2.78. The molecule has 2 aromatic carbocycles. The first-order valence-corrected chi connectivity index (χ1v) is 11.2. The van der Waals surface area contributed by atoms with Gasteiger partial charge in [-0.15, -0.1) is 0 Å². The zero-order valence-electron chi connectivity index (χ0n) is 17.2. The number of aromatic hydroxyl groups is 1. The zero-order chi connectivity index (χ0) is 24.8. The first-order valence-electron chi connectivity index (χ1n) is 9.87. The molecule has 2 heterocycles. The Morgan fingerprint density at radius 2 is 1.65 bits per heavy atom. The summed E-state index contributed by atoms with van der Waals surface area (Å²) in [6.07, 6.45) is -6.64. The molecule has 0 bridgehead atoms. The van der Waals surface area contributed by atoms with Crippen LogP contribution in [-0.2, 0) is 15.1 Å². The van der Waals surface area contributed by atoms with Crippen LogP contribution in [0, 0.1) is 0 Å². The van der Waals surface area contributed by atoms with E-state index < -0.39 is 58.7 Å². The Morgan fingerprint density at radius 1 is 0.971 bits per heavy atom. The lowest BCUT2D eigenvalue weighted by Crippen LogP contribution is -2.55. The van der Waals surface area contributed by atoms with Crippen molar-refractivity contribution in [2.45, 2.75) is 30.5 Å². The van der Waals surface area contributed by atoms with Gasteiger partial charge in [0.2, 0.25) is 5.43 Å². The average molecular weight is 496 g/mol. The van der Waals surface area contributed by atoms with Gasteiger partial charge in [-0.05, 0) is 29.8 Å². The highest BCUT2D eigenvalue weighted by atomic mass is 32.3. The van der Waals surface area contributed by atoms with Crippen LogP contribution in [0.1, 0.15) is 11.7 Å². The number of phenolic OH excluding ortho intramolecular Hbond substituents is 1. The van der Waals surface area contributed by atoms with Crippen LogP contribution in [0.15, 0.2) is 51.9 Å². The molecule has 34 heavy (non-hydrogen) atoms. The minimum Gasteiger partial charge on any atom is -0.507 e. The second kappa shape index (κ2) is 8.96. The van der Waals surface area contributed by atoms with Gasteiger partial charge in [0.05, 0.1) is 23.1 Å².